The van der Waals surface area contributed by atoms with Crippen LogP contribution >= 0.6 is 0 Å². The third-order valence-corrected chi connectivity index (χ3v) is 3.20. The number of anilines is 1. The van der Waals surface area contributed by atoms with Crippen LogP contribution in [-0.4, -0.2) is 33.7 Å². The maximum absolute atomic E-state index is 11.6. The van der Waals surface area contributed by atoms with E-state index in [-0.39, 0.29) is 22.6 Å². The van der Waals surface area contributed by atoms with E-state index < -0.39 is 4.92 Å². The molecule has 0 bridgehead atoms. The van der Waals surface area contributed by atoms with E-state index in [9.17, 15) is 14.9 Å². The van der Waals surface area contributed by atoms with Gasteiger partial charge in [0.05, 0.1) is 10.6 Å². The minimum Gasteiger partial charge on any atom is -0.383 e. The van der Waals surface area contributed by atoms with Crippen LogP contribution in [0.25, 0.3) is 11.0 Å². The Balaban J connectivity index is 1.66. The van der Waals surface area contributed by atoms with Crippen LogP contribution in [0.15, 0.2) is 16.8 Å². The summed E-state index contributed by atoms with van der Waals surface area (Å²) in [6, 6.07) is 3.20. The standard InChI is InChI=1S/C12H13N5O4/c18-10(14-7-1-2-7)5-6-13-8-3-4-9(17(19)20)12-11(8)15-21-16-12/h3-4,7,13H,1-2,5-6H2,(H,14,18). The number of hydrogen-bond donors (Lipinski definition) is 2. The number of fused-ring (bicyclic) bond motifs is 1. The second-order valence-corrected chi connectivity index (χ2v) is 4.87. The molecule has 0 radical (unpaired) electrons. The van der Waals surface area contributed by atoms with Crippen molar-refractivity contribution in [3.05, 3.63) is 22.2 Å². The molecule has 2 aromatic rings. The fourth-order valence-corrected chi connectivity index (χ4v) is 1.98. The van der Waals surface area contributed by atoms with Gasteiger partial charge in [-0.05, 0) is 29.2 Å². The monoisotopic (exact) mass is 291 g/mol. The normalized spacial score (nSPS) is 14.1. The molecular formula is C12H13N5O4. The first-order chi connectivity index (χ1) is 10.1. The SMILES string of the molecule is O=C(CCNc1ccc([N+](=O)[O-])c2nonc12)NC1CC1. The topological polar surface area (TPSA) is 123 Å². The molecule has 0 aliphatic heterocycles. The summed E-state index contributed by atoms with van der Waals surface area (Å²) in [5.74, 6) is -0.0126. The molecule has 1 heterocycles. The highest BCUT2D eigenvalue weighted by Crippen LogP contribution is 2.28. The summed E-state index contributed by atoms with van der Waals surface area (Å²) in [5.41, 5.74) is 0.763. The first-order valence-corrected chi connectivity index (χ1v) is 6.58. The number of carbonyl (C=O) groups is 1. The molecular weight excluding hydrogens is 278 g/mol. The van der Waals surface area contributed by atoms with Crippen LogP contribution < -0.4 is 10.6 Å². The molecule has 1 saturated carbocycles. The van der Waals surface area contributed by atoms with Crippen LogP contribution in [0.3, 0.4) is 0 Å². The van der Waals surface area contributed by atoms with E-state index >= 15 is 0 Å². The zero-order valence-electron chi connectivity index (χ0n) is 11.0. The second-order valence-electron chi connectivity index (χ2n) is 4.87. The molecule has 110 valence electrons. The van der Waals surface area contributed by atoms with Gasteiger partial charge in [0.1, 0.15) is 0 Å². The maximum atomic E-state index is 11.6. The number of benzene rings is 1. The number of nitrogens with zero attached hydrogens (tertiary/aromatic N) is 3. The average Bonchev–Trinajstić information content (AvgIpc) is 3.11. The van der Waals surface area contributed by atoms with Gasteiger partial charge in [-0.1, -0.05) is 0 Å². The zero-order valence-corrected chi connectivity index (χ0v) is 11.0. The van der Waals surface area contributed by atoms with Crippen molar-refractivity contribution in [3.63, 3.8) is 0 Å². The van der Waals surface area contributed by atoms with E-state index in [2.05, 4.69) is 25.6 Å². The number of nitrogens with one attached hydrogen (secondary N) is 2. The largest absolute Gasteiger partial charge is 0.383 e. The smallest absolute Gasteiger partial charge is 0.300 e. The van der Waals surface area contributed by atoms with Crippen LogP contribution in [-0.2, 0) is 4.79 Å². The molecule has 3 rings (SSSR count). The maximum Gasteiger partial charge on any atom is 0.300 e. The van der Waals surface area contributed by atoms with E-state index in [4.69, 9.17) is 0 Å². The van der Waals surface area contributed by atoms with Crippen molar-refractivity contribution in [1.82, 2.24) is 15.6 Å². The van der Waals surface area contributed by atoms with Gasteiger partial charge in [-0.2, -0.15) is 0 Å². The summed E-state index contributed by atoms with van der Waals surface area (Å²) in [6.45, 7) is 0.401. The Morgan fingerprint density at radius 1 is 1.38 bits per heavy atom. The number of carbonyl (C=O) groups excluding carboxylic acids is 1. The number of non-ortho nitro benzene ring substituents is 1. The van der Waals surface area contributed by atoms with Crippen molar-refractivity contribution in [3.8, 4) is 0 Å². The van der Waals surface area contributed by atoms with E-state index in [0.29, 0.717) is 24.7 Å². The summed E-state index contributed by atoms with van der Waals surface area (Å²) in [4.78, 5) is 21.9. The Morgan fingerprint density at radius 2 is 2.14 bits per heavy atom. The Kier molecular flexibility index (Phi) is 3.38. The van der Waals surface area contributed by atoms with Gasteiger partial charge >= 0.3 is 5.69 Å². The third kappa shape index (κ3) is 2.91. The minimum absolute atomic E-state index is 0.0126. The van der Waals surface area contributed by atoms with Crippen molar-refractivity contribution in [2.24, 2.45) is 0 Å². The number of nitro groups is 1. The highest BCUT2D eigenvalue weighted by atomic mass is 16.6. The van der Waals surface area contributed by atoms with Gasteiger partial charge in [-0.3, -0.25) is 14.9 Å². The number of rotatable bonds is 6. The Bertz CT molecular complexity index is 694. The highest BCUT2D eigenvalue weighted by molar-refractivity contribution is 5.93. The highest BCUT2D eigenvalue weighted by Gasteiger charge is 2.23. The zero-order chi connectivity index (χ0) is 14.8. The van der Waals surface area contributed by atoms with Crippen LogP contribution in [0.1, 0.15) is 19.3 Å². The van der Waals surface area contributed by atoms with Gasteiger partial charge in [0.25, 0.3) is 0 Å². The molecule has 1 aromatic carbocycles. The molecule has 21 heavy (non-hydrogen) atoms. The van der Waals surface area contributed by atoms with Crippen molar-refractivity contribution in [1.29, 1.82) is 0 Å². The van der Waals surface area contributed by atoms with Gasteiger partial charge in [0.15, 0.2) is 5.52 Å². The summed E-state index contributed by atoms with van der Waals surface area (Å²) in [6.07, 6.45) is 2.42. The van der Waals surface area contributed by atoms with Crippen molar-refractivity contribution < 1.29 is 14.3 Å². The lowest BCUT2D eigenvalue weighted by atomic mass is 10.2. The number of nitro benzene ring substituents is 1. The molecule has 1 aromatic heterocycles. The fourth-order valence-electron chi connectivity index (χ4n) is 1.98. The lowest BCUT2D eigenvalue weighted by Gasteiger charge is -2.06. The van der Waals surface area contributed by atoms with Crippen molar-refractivity contribution in [2.75, 3.05) is 11.9 Å². The van der Waals surface area contributed by atoms with Crippen LogP contribution in [0.5, 0.6) is 0 Å². The summed E-state index contributed by atoms with van der Waals surface area (Å²) >= 11 is 0. The Hall–Kier alpha value is -2.71. The number of aromatic nitrogens is 2. The quantitative estimate of drug-likeness (QED) is 0.605. The van der Waals surface area contributed by atoms with Crippen LogP contribution in [0.4, 0.5) is 11.4 Å². The molecule has 1 aliphatic rings. The molecule has 9 nitrogen and oxygen atoms in total. The molecule has 0 spiro atoms. The van der Waals surface area contributed by atoms with Crippen molar-refractivity contribution in [2.45, 2.75) is 25.3 Å². The van der Waals surface area contributed by atoms with E-state index in [0.717, 1.165) is 12.8 Å². The van der Waals surface area contributed by atoms with Crippen molar-refractivity contribution >= 4 is 28.3 Å². The first kappa shape index (κ1) is 13.3. The number of amides is 1. The van der Waals surface area contributed by atoms with E-state index in [1.54, 1.807) is 0 Å². The predicted molar refractivity (Wildman–Crippen MR) is 72.7 cm³/mol. The lowest BCUT2D eigenvalue weighted by molar-refractivity contribution is -0.383. The van der Waals surface area contributed by atoms with Gasteiger partial charge in [0.2, 0.25) is 11.4 Å². The van der Waals surface area contributed by atoms with Crippen LogP contribution in [0.2, 0.25) is 0 Å². The summed E-state index contributed by atoms with van der Waals surface area (Å²) in [5, 5.41) is 24.0. The second kappa shape index (κ2) is 5.35. The molecule has 1 amide bonds. The molecule has 0 unspecified atom stereocenters. The third-order valence-electron chi connectivity index (χ3n) is 3.20. The fraction of sp³-hybridized carbons (Fsp3) is 0.417. The van der Waals surface area contributed by atoms with Crippen LogP contribution in [0, 0.1) is 10.1 Å². The Morgan fingerprint density at radius 3 is 2.86 bits per heavy atom. The first-order valence-electron chi connectivity index (χ1n) is 6.58. The minimum atomic E-state index is -0.542. The van der Waals surface area contributed by atoms with Gasteiger partial charge in [0, 0.05) is 25.1 Å². The molecule has 1 fully saturated rings. The Labute approximate surface area is 118 Å². The predicted octanol–water partition coefficient (Wildman–Crippen LogP) is 1.21. The van der Waals surface area contributed by atoms with Gasteiger partial charge in [-0.15, -0.1) is 0 Å². The molecule has 1 aliphatic carbocycles. The molecule has 0 saturated heterocycles. The van der Waals surface area contributed by atoms with E-state index in [1.165, 1.54) is 12.1 Å². The molecule has 2 N–H and O–H groups in total. The number of hydrogen-bond acceptors (Lipinski definition) is 7. The molecule has 0 atom stereocenters. The average molecular weight is 291 g/mol. The lowest BCUT2D eigenvalue weighted by Crippen LogP contribution is -2.27. The van der Waals surface area contributed by atoms with E-state index in [1.807, 2.05) is 0 Å². The van der Waals surface area contributed by atoms with Gasteiger partial charge in [-0.25, -0.2) is 4.63 Å². The summed E-state index contributed by atoms with van der Waals surface area (Å²) < 4.78 is 4.56. The molecule has 9 heteroatoms. The summed E-state index contributed by atoms with van der Waals surface area (Å²) in [7, 11) is 0. The van der Waals surface area contributed by atoms with Gasteiger partial charge < -0.3 is 10.6 Å².